The fourth-order valence-corrected chi connectivity index (χ4v) is 0. The first-order valence-electron chi connectivity index (χ1n) is 0. The van der Waals surface area contributed by atoms with E-state index in [-0.39, 0.29) is 71.3 Å². The van der Waals surface area contributed by atoms with E-state index in [0.717, 1.165) is 0 Å². The number of hydrogen-bond donors (Lipinski definition) is 0. The number of hydrogen-bond acceptors (Lipinski definition) is 0. The van der Waals surface area contributed by atoms with Crippen molar-refractivity contribution in [2.24, 2.45) is 0 Å². The molecular weight excluding hydrogens is 190 g/mol. The van der Waals surface area contributed by atoms with Crippen LogP contribution in [0.5, 0.6) is 0 Å². The van der Waals surface area contributed by atoms with Gasteiger partial charge in [0.25, 0.3) is 0 Å². The number of rotatable bonds is 0. The van der Waals surface area contributed by atoms with E-state index in [9.17, 15) is 0 Å². The molecule has 0 fully saturated rings. The summed E-state index contributed by atoms with van der Waals surface area (Å²) in [6.45, 7) is 0. The van der Waals surface area contributed by atoms with Crippen LogP contribution in [0.2, 0.25) is 0 Å². The van der Waals surface area contributed by atoms with Crippen LogP contribution >= 0.6 is 0 Å². The molecule has 0 aromatic rings. The van der Waals surface area contributed by atoms with E-state index < -0.39 is 0 Å². The average molecular weight is 191 g/mol. The molecule has 0 unspecified atom stereocenters. The minimum atomic E-state index is 0. The van der Waals surface area contributed by atoms with Crippen LogP contribution in [0, 0.1) is 0 Å². The molecule has 0 atom stereocenters. The van der Waals surface area contributed by atoms with Crippen LogP contribution < -0.4 is 49.6 Å². The number of halogens is 4. The van der Waals surface area contributed by atoms with Gasteiger partial charge >= 0.3 is 21.7 Å². The fourth-order valence-electron chi connectivity index (χ4n) is 0. The molecule has 0 aromatic carbocycles. The van der Waals surface area contributed by atoms with Gasteiger partial charge in [-0.3, -0.25) is 0 Å². The van der Waals surface area contributed by atoms with Crippen LogP contribution in [-0.4, -0.2) is 0 Å². The second-order valence-corrected chi connectivity index (χ2v) is 0. The molecule has 0 rings (SSSR count). The summed E-state index contributed by atoms with van der Waals surface area (Å²) in [5.74, 6) is 0. The van der Waals surface area contributed by atoms with Crippen molar-refractivity contribution in [1.82, 2.24) is 0 Å². The third kappa shape index (κ3) is 25.1. The Hall–Kier alpha value is 1.87. The molecule has 0 heterocycles. The summed E-state index contributed by atoms with van der Waals surface area (Å²) in [6.07, 6.45) is 0. The zero-order chi connectivity index (χ0) is 0. The molecule has 0 saturated heterocycles. The van der Waals surface area contributed by atoms with Gasteiger partial charge in [-0.25, -0.2) is 0 Å². The van der Waals surface area contributed by atoms with Crippen molar-refractivity contribution in [3.63, 3.8) is 0 Å². The fraction of sp³-hybridized carbons (Fsp3) is 0. The Morgan fingerprint density at radius 1 is 0.400 bits per heavy atom. The van der Waals surface area contributed by atoms with E-state index in [1.165, 1.54) is 0 Å². The van der Waals surface area contributed by atoms with Crippen molar-refractivity contribution in [3.05, 3.63) is 0 Å². The Balaban J connectivity index is 0. The molecule has 0 aliphatic rings. The van der Waals surface area contributed by atoms with Gasteiger partial charge in [-0.05, 0) is 0 Å². The van der Waals surface area contributed by atoms with Crippen LogP contribution in [0.25, 0.3) is 0 Å². The zero-order valence-electron chi connectivity index (χ0n) is 2.09. The van der Waals surface area contributed by atoms with Gasteiger partial charge in [0.2, 0.25) is 0 Å². The molecular formula is HCl4Ti. The maximum atomic E-state index is 0. The van der Waals surface area contributed by atoms with Crippen LogP contribution in [0.4, 0.5) is 0 Å². The van der Waals surface area contributed by atoms with Crippen molar-refractivity contribution in [2.45, 2.75) is 0 Å². The summed E-state index contributed by atoms with van der Waals surface area (Å²) >= 11 is 0. The van der Waals surface area contributed by atoms with Gasteiger partial charge in [0.15, 0.2) is 0 Å². The van der Waals surface area contributed by atoms with Gasteiger partial charge in [0.05, 0.1) is 0 Å². The topological polar surface area (TPSA) is 0 Å². The zero-order valence-corrected chi connectivity index (χ0v) is 6.92. The van der Waals surface area contributed by atoms with Gasteiger partial charge in [-0.15, -0.1) is 0 Å². The SMILES string of the molecule is [Cl-].[Cl-].[Cl-].[Cl-].[TiH+4]. The summed E-state index contributed by atoms with van der Waals surface area (Å²) < 4.78 is 0. The maximum absolute atomic E-state index is 0. The molecule has 0 saturated carbocycles. The second kappa shape index (κ2) is 39.7. The van der Waals surface area contributed by atoms with Gasteiger partial charge < -0.3 is 49.6 Å². The summed E-state index contributed by atoms with van der Waals surface area (Å²) in [6, 6.07) is 0. The Kier molecular flexibility index (Phi) is 537. The molecule has 0 amide bonds. The van der Waals surface area contributed by atoms with Crippen LogP contribution in [-0.2, 0) is 21.7 Å². The molecule has 0 bridgehead atoms. The predicted octanol–water partition coefficient (Wildman–Crippen LogP) is -12.3. The molecule has 5 heteroatoms. The van der Waals surface area contributed by atoms with Crippen LogP contribution in [0.15, 0.2) is 0 Å². The third-order valence-corrected chi connectivity index (χ3v) is 0. The van der Waals surface area contributed by atoms with Gasteiger partial charge in [0, 0.05) is 0 Å². The molecule has 5 heavy (non-hydrogen) atoms. The molecule has 0 radical (unpaired) electrons. The van der Waals surface area contributed by atoms with Gasteiger partial charge in [-0.1, -0.05) is 0 Å². The second-order valence-electron chi connectivity index (χ2n) is 0. The van der Waals surface area contributed by atoms with Crippen molar-refractivity contribution in [2.75, 3.05) is 0 Å². The third-order valence-electron chi connectivity index (χ3n) is 0. The van der Waals surface area contributed by atoms with Crippen molar-refractivity contribution in [1.29, 1.82) is 0 Å². The van der Waals surface area contributed by atoms with E-state index in [2.05, 4.69) is 0 Å². The Labute approximate surface area is 71.0 Å². The summed E-state index contributed by atoms with van der Waals surface area (Å²) in [4.78, 5) is 0. The Morgan fingerprint density at radius 2 is 0.400 bits per heavy atom. The van der Waals surface area contributed by atoms with E-state index in [1.807, 2.05) is 0 Å². The van der Waals surface area contributed by atoms with Crippen LogP contribution in [0.1, 0.15) is 0 Å². The first kappa shape index (κ1) is 67.5. The monoisotopic (exact) mass is 189 g/mol. The first-order chi connectivity index (χ1) is 0. The minimum absolute atomic E-state index is 0. The summed E-state index contributed by atoms with van der Waals surface area (Å²) in [7, 11) is 0. The predicted molar refractivity (Wildman–Crippen MR) is 1.40 cm³/mol. The first-order valence-corrected chi connectivity index (χ1v) is 0. The van der Waals surface area contributed by atoms with Gasteiger partial charge in [-0.2, -0.15) is 0 Å². The summed E-state index contributed by atoms with van der Waals surface area (Å²) in [5, 5.41) is 0. The Morgan fingerprint density at radius 3 is 0.400 bits per heavy atom. The molecule has 0 aromatic heterocycles. The van der Waals surface area contributed by atoms with Crippen molar-refractivity contribution >= 4 is 0 Å². The summed E-state index contributed by atoms with van der Waals surface area (Å²) in [5.41, 5.74) is 0. The molecule has 0 aliphatic carbocycles. The molecule has 0 spiro atoms. The normalized spacial score (nSPS) is 0. The van der Waals surface area contributed by atoms with Gasteiger partial charge in [0.1, 0.15) is 0 Å². The van der Waals surface area contributed by atoms with E-state index in [4.69, 9.17) is 0 Å². The van der Waals surface area contributed by atoms with E-state index >= 15 is 0 Å². The standard InChI is InChI=1S/4ClH.Ti.H/h4*1H;;/q;;;;+4;/p-4. The quantitative estimate of drug-likeness (QED) is 0.333. The average Bonchev–Trinajstić information content (AvgIpc) is 0. The van der Waals surface area contributed by atoms with Crippen LogP contribution in [0.3, 0.4) is 0 Å². The van der Waals surface area contributed by atoms with Crippen molar-refractivity contribution in [3.8, 4) is 0 Å². The van der Waals surface area contributed by atoms with E-state index in [0.29, 0.717) is 0 Å². The van der Waals surface area contributed by atoms with Crippen molar-refractivity contribution < 1.29 is 71.3 Å². The molecule has 33 valence electrons. The van der Waals surface area contributed by atoms with E-state index in [1.54, 1.807) is 0 Å². The molecule has 0 aliphatic heterocycles. The molecule has 0 N–H and O–H groups in total. The Bertz CT molecular complexity index is 3.61. The molecule has 0 nitrogen and oxygen atoms in total.